The second-order valence-electron chi connectivity index (χ2n) is 7.11. The molecule has 1 N–H and O–H groups in total. The van der Waals surface area contributed by atoms with Gasteiger partial charge in [-0.15, -0.1) is 22.7 Å². The summed E-state index contributed by atoms with van der Waals surface area (Å²) < 4.78 is 5.39. The molecule has 4 rings (SSSR count). The molecule has 0 radical (unpaired) electrons. The zero-order valence-corrected chi connectivity index (χ0v) is 17.3. The van der Waals surface area contributed by atoms with Crippen LogP contribution in [0, 0.1) is 0 Å². The maximum absolute atomic E-state index is 12.8. The van der Waals surface area contributed by atoms with Gasteiger partial charge in [0.2, 0.25) is 5.91 Å². The number of nitrogens with one attached hydrogen (secondary N) is 1. The molecule has 2 aromatic rings. The number of amides is 2. The zero-order chi connectivity index (χ0) is 19.7. The summed E-state index contributed by atoms with van der Waals surface area (Å²) >= 11 is 3.17. The van der Waals surface area contributed by atoms with Crippen LogP contribution < -0.4 is 5.32 Å². The fourth-order valence-electron chi connectivity index (χ4n) is 3.78. The van der Waals surface area contributed by atoms with E-state index in [9.17, 15) is 14.4 Å². The number of carbonyl (C=O) groups excluding carboxylic acids is 3. The van der Waals surface area contributed by atoms with Crippen molar-refractivity contribution in [1.29, 1.82) is 0 Å². The lowest BCUT2D eigenvalue weighted by molar-refractivity contribution is -0.135. The van der Waals surface area contributed by atoms with Gasteiger partial charge in [-0.05, 0) is 54.7 Å². The summed E-state index contributed by atoms with van der Waals surface area (Å²) in [4.78, 5) is 41.1. The first-order valence-electron chi connectivity index (χ1n) is 9.45. The normalized spacial score (nSPS) is 15.5. The molecule has 2 aromatic heterocycles. The molecule has 0 atom stereocenters. The highest BCUT2D eigenvalue weighted by Crippen LogP contribution is 2.38. The van der Waals surface area contributed by atoms with Crippen molar-refractivity contribution in [2.24, 2.45) is 0 Å². The monoisotopic (exact) mass is 418 g/mol. The number of fused-ring (bicyclic) bond motifs is 2. The van der Waals surface area contributed by atoms with Gasteiger partial charge in [-0.3, -0.25) is 9.59 Å². The van der Waals surface area contributed by atoms with Gasteiger partial charge >= 0.3 is 5.97 Å². The van der Waals surface area contributed by atoms with Crippen LogP contribution in [0.3, 0.4) is 0 Å². The largest absolute Gasteiger partial charge is 0.452 e. The second kappa shape index (κ2) is 8.05. The molecule has 0 saturated carbocycles. The van der Waals surface area contributed by atoms with E-state index in [1.807, 2.05) is 11.4 Å². The van der Waals surface area contributed by atoms with E-state index in [1.165, 1.54) is 28.7 Å². The second-order valence-corrected chi connectivity index (χ2v) is 9.21. The zero-order valence-electron chi connectivity index (χ0n) is 15.7. The Balaban J connectivity index is 1.44. The van der Waals surface area contributed by atoms with Crippen molar-refractivity contribution < 1.29 is 19.1 Å². The van der Waals surface area contributed by atoms with Gasteiger partial charge in [0.05, 0.1) is 5.56 Å². The van der Waals surface area contributed by atoms with Gasteiger partial charge < -0.3 is 15.0 Å². The molecule has 8 heteroatoms. The van der Waals surface area contributed by atoms with Gasteiger partial charge in [0.1, 0.15) is 5.00 Å². The molecule has 0 bridgehead atoms. The lowest BCUT2D eigenvalue weighted by atomic mass is 9.95. The third-order valence-electron chi connectivity index (χ3n) is 5.15. The first-order chi connectivity index (χ1) is 13.5. The van der Waals surface area contributed by atoms with E-state index in [2.05, 4.69) is 5.32 Å². The van der Waals surface area contributed by atoms with Crippen LogP contribution in [0.25, 0.3) is 0 Å². The maximum atomic E-state index is 12.8. The minimum absolute atomic E-state index is 0.185. The lowest BCUT2D eigenvalue weighted by Gasteiger charge is -2.26. The minimum Gasteiger partial charge on any atom is -0.452 e. The number of thiophene rings is 2. The van der Waals surface area contributed by atoms with Crippen molar-refractivity contribution in [3.63, 3.8) is 0 Å². The van der Waals surface area contributed by atoms with E-state index in [1.54, 1.807) is 16.2 Å². The molecule has 148 valence electrons. The highest BCUT2D eigenvalue weighted by atomic mass is 32.1. The van der Waals surface area contributed by atoms with Crippen LogP contribution in [0.4, 0.5) is 5.00 Å². The number of esters is 1. The topological polar surface area (TPSA) is 75.7 Å². The average molecular weight is 419 g/mol. The Hall–Kier alpha value is -2.19. The Morgan fingerprint density at radius 1 is 1.18 bits per heavy atom. The van der Waals surface area contributed by atoms with Crippen molar-refractivity contribution in [1.82, 2.24) is 4.90 Å². The Labute approximate surface area is 171 Å². The Kier molecular flexibility index (Phi) is 5.50. The fraction of sp³-hybridized carbons (Fsp3) is 0.450. The molecule has 3 heterocycles. The number of hydrogen-bond acceptors (Lipinski definition) is 6. The van der Waals surface area contributed by atoms with Crippen LogP contribution in [0.15, 0.2) is 11.4 Å². The average Bonchev–Trinajstić information content (AvgIpc) is 3.28. The van der Waals surface area contributed by atoms with Crippen molar-refractivity contribution >= 4 is 45.5 Å². The Bertz CT molecular complexity index is 931. The molecule has 28 heavy (non-hydrogen) atoms. The first-order valence-corrected chi connectivity index (χ1v) is 11.1. The van der Waals surface area contributed by atoms with Crippen LogP contribution in [0.1, 0.15) is 51.0 Å². The van der Waals surface area contributed by atoms with Crippen molar-refractivity contribution in [3.8, 4) is 0 Å². The Morgan fingerprint density at radius 3 is 2.82 bits per heavy atom. The summed E-state index contributed by atoms with van der Waals surface area (Å²) in [6.45, 7) is 2.37. The Morgan fingerprint density at radius 2 is 2.00 bits per heavy atom. The molecular weight excluding hydrogens is 396 g/mol. The predicted molar refractivity (Wildman–Crippen MR) is 109 cm³/mol. The summed E-state index contributed by atoms with van der Waals surface area (Å²) in [7, 11) is 0. The molecule has 0 saturated heterocycles. The number of nitrogens with zero attached hydrogens (tertiary/aromatic N) is 1. The quantitative estimate of drug-likeness (QED) is 0.773. The number of anilines is 1. The number of rotatable bonds is 4. The minimum atomic E-state index is -0.523. The smallest absolute Gasteiger partial charge is 0.341 e. The van der Waals surface area contributed by atoms with Crippen molar-refractivity contribution in [3.05, 3.63) is 37.9 Å². The van der Waals surface area contributed by atoms with E-state index in [-0.39, 0.29) is 18.4 Å². The summed E-state index contributed by atoms with van der Waals surface area (Å²) in [5.41, 5.74) is 2.58. The highest BCUT2D eigenvalue weighted by Gasteiger charge is 2.28. The highest BCUT2D eigenvalue weighted by molar-refractivity contribution is 7.17. The van der Waals surface area contributed by atoms with Crippen molar-refractivity contribution in [2.75, 3.05) is 18.5 Å². The summed E-state index contributed by atoms with van der Waals surface area (Å²) in [6.07, 6.45) is 4.66. The van der Waals surface area contributed by atoms with Gasteiger partial charge in [0.25, 0.3) is 5.91 Å². The SMILES string of the molecule is CC(=O)Nc1sc2c(c1C(=O)OCC(=O)N1CCc3sccc3C1)CCCC2. The molecule has 0 unspecified atom stereocenters. The van der Waals surface area contributed by atoms with Gasteiger partial charge in [-0.25, -0.2) is 4.79 Å². The van der Waals surface area contributed by atoms with Gasteiger partial charge in [0.15, 0.2) is 6.61 Å². The first kappa shape index (κ1) is 19.1. The van der Waals surface area contributed by atoms with E-state index in [0.717, 1.165) is 42.5 Å². The molecule has 0 aromatic carbocycles. The molecule has 2 amide bonds. The summed E-state index contributed by atoms with van der Waals surface area (Å²) in [5.74, 6) is -0.927. The molecule has 6 nitrogen and oxygen atoms in total. The van der Waals surface area contributed by atoms with Crippen LogP contribution in [-0.4, -0.2) is 35.8 Å². The third-order valence-corrected chi connectivity index (χ3v) is 7.38. The van der Waals surface area contributed by atoms with E-state index >= 15 is 0 Å². The maximum Gasteiger partial charge on any atom is 0.341 e. The van der Waals surface area contributed by atoms with Crippen LogP contribution >= 0.6 is 22.7 Å². The number of hydrogen-bond donors (Lipinski definition) is 1. The molecular formula is C20H22N2O4S2. The number of carbonyl (C=O) groups is 3. The van der Waals surface area contributed by atoms with Gasteiger partial charge in [-0.1, -0.05) is 0 Å². The van der Waals surface area contributed by atoms with Gasteiger partial charge in [0, 0.05) is 29.8 Å². The molecule has 0 spiro atoms. The van der Waals surface area contributed by atoms with E-state index < -0.39 is 5.97 Å². The molecule has 0 fully saturated rings. The van der Waals surface area contributed by atoms with Crippen LogP contribution in [0.2, 0.25) is 0 Å². The molecule has 1 aliphatic heterocycles. The van der Waals surface area contributed by atoms with E-state index in [4.69, 9.17) is 4.74 Å². The van der Waals surface area contributed by atoms with Crippen LogP contribution in [-0.2, 0) is 40.1 Å². The molecule has 1 aliphatic carbocycles. The predicted octanol–water partition coefficient (Wildman–Crippen LogP) is 3.39. The molecule has 2 aliphatic rings. The van der Waals surface area contributed by atoms with Crippen molar-refractivity contribution in [2.45, 2.75) is 45.6 Å². The van der Waals surface area contributed by atoms with Crippen LogP contribution in [0.5, 0.6) is 0 Å². The summed E-state index contributed by atoms with van der Waals surface area (Å²) in [6, 6.07) is 2.04. The lowest BCUT2D eigenvalue weighted by Crippen LogP contribution is -2.38. The number of aryl methyl sites for hydroxylation is 1. The standard InChI is InChI=1S/C20H22N2O4S2/c1-12(23)21-19-18(14-4-2-3-5-16(14)28-19)20(25)26-11-17(24)22-8-6-15-13(10-22)7-9-27-15/h7,9H,2-6,8,10-11H2,1H3,(H,21,23). The van der Waals surface area contributed by atoms with Gasteiger partial charge in [-0.2, -0.15) is 0 Å². The third kappa shape index (κ3) is 3.84. The van der Waals surface area contributed by atoms with E-state index in [0.29, 0.717) is 23.7 Å². The number of ether oxygens (including phenoxy) is 1. The summed E-state index contributed by atoms with van der Waals surface area (Å²) in [5, 5.41) is 5.34. The fourth-order valence-corrected chi connectivity index (χ4v) is 6.00.